The summed E-state index contributed by atoms with van der Waals surface area (Å²) >= 11 is 0. The molecular weight excluding hydrogens is 475 g/mol. The predicted octanol–water partition coefficient (Wildman–Crippen LogP) is 4.09. The molecule has 1 aliphatic heterocycles. The van der Waals surface area contributed by atoms with Gasteiger partial charge in [0, 0.05) is 18.7 Å². The van der Waals surface area contributed by atoms with Crippen molar-refractivity contribution in [2.45, 2.75) is 58.4 Å². The minimum absolute atomic E-state index is 0.0582. The first-order valence-corrected chi connectivity index (χ1v) is 11.4. The van der Waals surface area contributed by atoms with Crippen molar-refractivity contribution >= 4 is 23.2 Å². The summed E-state index contributed by atoms with van der Waals surface area (Å²) in [6.07, 6.45) is -1.14. The van der Waals surface area contributed by atoms with Gasteiger partial charge in [-0.25, -0.2) is 0 Å². The number of anilines is 3. The highest BCUT2D eigenvalue weighted by molar-refractivity contribution is 5.75. The van der Waals surface area contributed by atoms with E-state index in [0.717, 1.165) is 36.9 Å². The zero-order valence-corrected chi connectivity index (χ0v) is 19.5. The minimum Gasteiger partial charge on any atom is -0.480 e. The molecule has 0 radical (unpaired) electrons. The number of allylic oxidation sites excluding steroid dienone is 2. The van der Waals surface area contributed by atoms with Gasteiger partial charge in [0.05, 0.1) is 0 Å². The first-order valence-electron chi connectivity index (χ1n) is 11.4. The maximum Gasteiger partial charge on any atom is 0.450 e. The van der Waals surface area contributed by atoms with E-state index >= 15 is 0 Å². The smallest absolute Gasteiger partial charge is 0.450 e. The quantitative estimate of drug-likeness (QED) is 0.363. The number of ether oxygens (including phenoxy) is 1. The monoisotopic (exact) mass is 499 g/mol. The van der Waals surface area contributed by atoms with Gasteiger partial charge in [-0.3, -0.25) is 0 Å². The molecule has 13 heteroatoms. The van der Waals surface area contributed by atoms with E-state index in [9.17, 15) is 18.4 Å². The van der Waals surface area contributed by atoms with E-state index in [-0.39, 0.29) is 23.5 Å². The van der Waals surface area contributed by atoms with Crippen molar-refractivity contribution in [3.63, 3.8) is 0 Å². The molecule has 0 amide bonds. The fraction of sp³-hybridized carbons (Fsp3) is 0.391. The molecule has 3 N–H and O–H groups in total. The van der Waals surface area contributed by atoms with E-state index in [4.69, 9.17) is 10.5 Å². The van der Waals surface area contributed by atoms with Gasteiger partial charge in [-0.15, -0.1) is 10.2 Å². The van der Waals surface area contributed by atoms with E-state index in [0.29, 0.717) is 18.8 Å². The number of nitriles is 1. The van der Waals surface area contributed by atoms with Crippen molar-refractivity contribution in [2.75, 3.05) is 11.1 Å². The molecule has 0 saturated carbocycles. The van der Waals surface area contributed by atoms with Crippen molar-refractivity contribution in [3.8, 4) is 6.07 Å². The third kappa shape index (κ3) is 5.54. The molecule has 1 aromatic carbocycles. The van der Waals surface area contributed by atoms with Gasteiger partial charge in [0.1, 0.15) is 24.1 Å². The average molecular weight is 500 g/mol. The molecule has 0 spiro atoms. The summed E-state index contributed by atoms with van der Waals surface area (Å²) in [5, 5.41) is 20.5. The molecule has 0 bridgehead atoms. The standard InChI is InChI=1S/C23H24F3N9O/c1-2-14-8-5-6-9-16(14)29-22-31-17(30-21(28)32-22)13-36-19(23(24,25)26)15(12-27)20-34-33-18-10-4-3-7-11-35(18)20/h5-6,8-9H,2-4,7,10-11,13H2,1H3,(H3,28,29,30,31,32). The van der Waals surface area contributed by atoms with Gasteiger partial charge in [-0.2, -0.15) is 33.4 Å². The van der Waals surface area contributed by atoms with Crippen molar-refractivity contribution in [3.05, 3.63) is 53.1 Å². The Labute approximate surface area is 205 Å². The largest absolute Gasteiger partial charge is 0.480 e. The number of rotatable bonds is 7. The van der Waals surface area contributed by atoms with Crippen LogP contribution in [0.2, 0.25) is 0 Å². The highest BCUT2D eigenvalue weighted by atomic mass is 19.4. The maximum absolute atomic E-state index is 14.0. The molecule has 3 aromatic rings. The second-order valence-electron chi connectivity index (χ2n) is 8.07. The number of fused-ring (bicyclic) bond motifs is 1. The molecule has 0 unspecified atom stereocenters. The summed E-state index contributed by atoms with van der Waals surface area (Å²) < 4.78 is 48.7. The van der Waals surface area contributed by atoms with Gasteiger partial charge in [0.15, 0.2) is 11.6 Å². The van der Waals surface area contributed by atoms with Crippen LogP contribution in [0, 0.1) is 11.3 Å². The number of alkyl halides is 3. The van der Waals surface area contributed by atoms with Crippen molar-refractivity contribution in [1.82, 2.24) is 29.7 Å². The first kappa shape index (κ1) is 24.9. The normalized spacial score (nSPS) is 14.3. The topological polar surface area (TPSA) is 140 Å². The SMILES string of the molecule is CCc1ccccc1Nc1nc(N)nc(COC(=C(C#N)c2nnc3n2CCCCC3)C(F)(F)F)n1. The van der Waals surface area contributed by atoms with Crippen LogP contribution in [-0.2, 0) is 30.7 Å². The number of aromatic nitrogens is 6. The third-order valence-electron chi connectivity index (χ3n) is 5.62. The van der Waals surface area contributed by atoms with Crippen molar-refractivity contribution in [2.24, 2.45) is 0 Å². The zero-order chi connectivity index (χ0) is 25.7. The van der Waals surface area contributed by atoms with E-state index in [2.05, 4.69) is 30.5 Å². The Hall–Kier alpha value is -4.21. The van der Waals surface area contributed by atoms with Crippen LogP contribution < -0.4 is 11.1 Å². The van der Waals surface area contributed by atoms with Crippen LogP contribution in [-0.4, -0.2) is 35.9 Å². The lowest BCUT2D eigenvalue weighted by Gasteiger charge is -2.16. The van der Waals surface area contributed by atoms with Gasteiger partial charge in [0.2, 0.25) is 17.7 Å². The second kappa shape index (κ2) is 10.6. The van der Waals surface area contributed by atoms with Crippen LogP contribution in [0.3, 0.4) is 0 Å². The number of halogens is 3. The molecule has 188 valence electrons. The Morgan fingerprint density at radius 2 is 1.97 bits per heavy atom. The molecule has 0 atom stereocenters. The molecule has 2 aromatic heterocycles. The molecule has 0 saturated heterocycles. The highest BCUT2D eigenvalue weighted by Crippen LogP contribution is 2.34. The number of aryl methyl sites for hydroxylation is 2. The summed E-state index contributed by atoms with van der Waals surface area (Å²) in [4.78, 5) is 12.0. The van der Waals surface area contributed by atoms with Crippen LogP contribution in [0.4, 0.5) is 30.8 Å². The van der Waals surface area contributed by atoms with E-state index in [1.807, 2.05) is 31.2 Å². The first-order chi connectivity index (χ1) is 17.3. The number of nitrogen functional groups attached to an aromatic ring is 1. The lowest BCUT2D eigenvalue weighted by molar-refractivity contribution is -0.132. The molecule has 0 aliphatic carbocycles. The lowest BCUT2D eigenvalue weighted by atomic mass is 10.1. The van der Waals surface area contributed by atoms with E-state index < -0.39 is 24.1 Å². The van der Waals surface area contributed by atoms with Crippen LogP contribution >= 0.6 is 0 Å². The number of benzene rings is 1. The summed E-state index contributed by atoms with van der Waals surface area (Å²) in [6.45, 7) is 1.71. The van der Waals surface area contributed by atoms with Crippen LogP contribution in [0.5, 0.6) is 0 Å². The number of nitrogens with two attached hydrogens (primary N) is 1. The van der Waals surface area contributed by atoms with Crippen molar-refractivity contribution in [1.29, 1.82) is 5.26 Å². The number of hydrogen-bond donors (Lipinski definition) is 2. The highest BCUT2D eigenvalue weighted by Gasteiger charge is 2.41. The predicted molar refractivity (Wildman–Crippen MR) is 124 cm³/mol. The lowest BCUT2D eigenvalue weighted by Crippen LogP contribution is -2.19. The molecule has 3 heterocycles. The van der Waals surface area contributed by atoms with Gasteiger partial charge >= 0.3 is 6.18 Å². The van der Waals surface area contributed by atoms with Crippen LogP contribution in [0.1, 0.15) is 49.2 Å². The second-order valence-corrected chi connectivity index (χ2v) is 8.07. The number of nitrogens with one attached hydrogen (secondary N) is 1. The summed E-state index contributed by atoms with van der Waals surface area (Å²) in [6, 6.07) is 9.06. The molecule has 36 heavy (non-hydrogen) atoms. The Bertz CT molecular complexity index is 1310. The number of para-hydroxylation sites is 1. The van der Waals surface area contributed by atoms with Gasteiger partial charge in [-0.05, 0) is 30.9 Å². The van der Waals surface area contributed by atoms with Gasteiger partial charge in [-0.1, -0.05) is 31.5 Å². The van der Waals surface area contributed by atoms with Crippen molar-refractivity contribution < 1.29 is 17.9 Å². The average Bonchev–Trinajstić information content (AvgIpc) is 3.08. The summed E-state index contributed by atoms with van der Waals surface area (Å²) in [5.74, 6) is -1.39. The maximum atomic E-state index is 14.0. The molecule has 4 rings (SSSR count). The number of hydrogen-bond acceptors (Lipinski definition) is 9. The summed E-state index contributed by atoms with van der Waals surface area (Å²) in [5.41, 5.74) is 6.73. The fourth-order valence-corrected chi connectivity index (χ4v) is 3.93. The third-order valence-corrected chi connectivity index (χ3v) is 5.62. The van der Waals surface area contributed by atoms with E-state index in [1.165, 1.54) is 0 Å². The number of nitrogens with zero attached hydrogens (tertiary/aromatic N) is 7. The Morgan fingerprint density at radius 1 is 1.17 bits per heavy atom. The Morgan fingerprint density at radius 3 is 2.72 bits per heavy atom. The van der Waals surface area contributed by atoms with Crippen LogP contribution in [0.15, 0.2) is 30.0 Å². The minimum atomic E-state index is -4.97. The summed E-state index contributed by atoms with van der Waals surface area (Å²) in [7, 11) is 0. The zero-order valence-electron chi connectivity index (χ0n) is 19.5. The van der Waals surface area contributed by atoms with Gasteiger partial charge < -0.3 is 20.4 Å². The molecular formula is C23H24F3N9O. The van der Waals surface area contributed by atoms with E-state index in [1.54, 1.807) is 10.6 Å². The molecule has 1 aliphatic rings. The Kier molecular flexibility index (Phi) is 7.33. The van der Waals surface area contributed by atoms with Crippen LogP contribution in [0.25, 0.3) is 5.57 Å². The Balaban J connectivity index is 1.63. The molecule has 0 fully saturated rings. The van der Waals surface area contributed by atoms with Gasteiger partial charge in [0.25, 0.3) is 0 Å². The molecule has 10 nitrogen and oxygen atoms in total. The fourth-order valence-electron chi connectivity index (χ4n) is 3.93.